The summed E-state index contributed by atoms with van der Waals surface area (Å²) in [4.78, 5) is 0. The number of halogens is 1. The first-order valence-electron chi connectivity index (χ1n) is 7.43. The van der Waals surface area contributed by atoms with Crippen LogP contribution in [0.15, 0.2) is 24.5 Å². The van der Waals surface area contributed by atoms with Gasteiger partial charge in [0, 0.05) is 6.04 Å². The highest BCUT2D eigenvalue weighted by Crippen LogP contribution is 2.31. The number of nitrogens with zero attached hydrogens (tertiary/aromatic N) is 4. The Labute approximate surface area is 123 Å². The van der Waals surface area contributed by atoms with Gasteiger partial charge in [0.15, 0.2) is 0 Å². The van der Waals surface area contributed by atoms with Gasteiger partial charge < -0.3 is 5.32 Å². The molecule has 3 unspecified atom stereocenters. The molecule has 0 aliphatic heterocycles. The summed E-state index contributed by atoms with van der Waals surface area (Å²) in [6.45, 7) is 4.52. The van der Waals surface area contributed by atoms with Crippen LogP contribution < -0.4 is 5.32 Å². The quantitative estimate of drug-likeness (QED) is 0.943. The fourth-order valence-corrected chi connectivity index (χ4v) is 3.13. The zero-order valence-corrected chi connectivity index (χ0v) is 12.3. The molecule has 0 saturated heterocycles. The molecule has 1 aromatic heterocycles. The molecule has 0 radical (unpaired) electrons. The van der Waals surface area contributed by atoms with Crippen LogP contribution in [-0.2, 0) is 0 Å². The maximum atomic E-state index is 14.0. The van der Waals surface area contributed by atoms with Crippen molar-refractivity contribution in [3.63, 3.8) is 0 Å². The third-order valence-electron chi connectivity index (χ3n) is 4.34. The Hall–Kier alpha value is -1.98. The van der Waals surface area contributed by atoms with Crippen molar-refractivity contribution in [3.05, 3.63) is 30.3 Å². The molecule has 2 aromatic rings. The van der Waals surface area contributed by atoms with Gasteiger partial charge in [0.05, 0.1) is 11.4 Å². The predicted octanol–water partition coefficient (Wildman–Crippen LogP) is 3.04. The Balaban J connectivity index is 1.80. The average molecular weight is 289 g/mol. The monoisotopic (exact) mass is 289 g/mol. The second-order valence-corrected chi connectivity index (χ2v) is 6.06. The van der Waals surface area contributed by atoms with Gasteiger partial charge >= 0.3 is 0 Å². The van der Waals surface area contributed by atoms with E-state index in [2.05, 4.69) is 34.7 Å². The number of benzene rings is 1. The molecule has 1 saturated carbocycles. The molecule has 3 atom stereocenters. The van der Waals surface area contributed by atoms with E-state index in [1.807, 2.05) is 0 Å². The van der Waals surface area contributed by atoms with Crippen LogP contribution in [0, 0.1) is 17.7 Å². The second-order valence-electron chi connectivity index (χ2n) is 6.06. The molecule has 1 fully saturated rings. The van der Waals surface area contributed by atoms with E-state index in [1.165, 1.54) is 29.9 Å². The fraction of sp³-hybridized carbons (Fsp3) is 0.533. The van der Waals surface area contributed by atoms with E-state index in [4.69, 9.17) is 0 Å². The topological polar surface area (TPSA) is 55.6 Å². The van der Waals surface area contributed by atoms with Gasteiger partial charge in [0.2, 0.25) is 0 Å². The van der Waals surface area contributed by atoms with Crippen LogP contribution in [0.1, 0.15) is 33.1 Å². The molecule has 1 aliphatic carbocycles. The Morgan fingerprint density at radius 3 is 2.86 bits per heavy atom. The fourth-order valence-electron chi connectivity index (χ4n) is 3.13. The Morgan fingerprint density at radius 1 is 1.29 bits per heavy atom. The second kappa shape index (κ2) is 5.79. The lowest BCUT2D eigenvalue weighted by molar-refractivity contribution is 0.276. The lowest BCUT2D eigenvalue weighted by Gasteiger charge is -2.34. The van der Waals surface area contributed by atoms with E-state index >= 15 is 0 Å². The maximum absolute atomic E-state index is 14.0. The van der Waals surface area contributed by atoms with Crippen LogP contribution in [0.4, 0.5) is 10.1 Å². The van der Waals surface area contributed by atoms with Crippen LogP contribution in [0.2, 0.25) is 0 Å². The van der Waals surface area contributed by atoms with Crippen LogP contribution in [-0.4, -0.2) is 26.2 Å². The molecular formula is C15H20FN5. The predicted molar refractivity (Wildman–Crippen MR) is 78.7 cm³/mol. The van der Waals surface area contributed by atoms with Gasteiger partial charge in [-0.3, -0.25) is 0 Å². The van der Waals surface area contributed by atoms with E-state index in [1.54, 1.807) is 12.1 Å². The first kappa shape index (κ1) is 14.0. The van der Waals surface area contributed by atoms with E-state index in [-0.39, 0.29) is 5.82 Å². The normalized spacial score (nSPS) is 25.8. The van der Waals surface area contributed by atoms with Crippen LogP contribution in [0.5, 0.6) is 0 Å². The zero-order chi connectivity index (χ0) is 14.8. The van der Waals surface area contributed by atoms with Gasteiger partial charge in [0.25, 0.3) is 0 Å². The standard InChI is InChI=1S/C15H20FN5/c1-10-3-6-14(11(2)7-10)18-15-8-12(4-5-13(15)16)21-9-17-19-20-21/h4-5,8-11,14,18H,3,6-7H2,1-2H3. The van der Waals surface area contributed by atoms with Crippen molar-refractivity contribution in [2.24, 2.45) is 11.8 Å². The van der Waals surface area contributed by atoms with Crippen molar-refractivity contribution >= 4 is 5.69 Å². The van der Waals surface area contributed by atoms with E-state index in [9.17, 15) is 4.39 Å². The smallest absolute Gasteiger partial charge is 0.146 e. The number of aromatic nitrogens is 4. The molecule has 21 heavy (non-hydrogen) atoms. The lowest BCUT2D eigenvalue weighted by Crippen LogP contribution is -2.33. The Morgan fingerprint density at radius 2 is 2.14 bits per heavy atom. The van der Waals surface area contributed by atoms with Crippen molar-refractivity contribution in [1.82, 2.24) is 20.2 Å². The molecule has 0 bridgehead atoms. The molecule has 0 amide bonds. The number of hydrogen-bond donors (Lipinski definition) is 1. The minimum Gasteiger partial charge on any atom is -0.380 e. The van der Waals surface area contributed by atoms with Crippen molar-refractivity contribution in [1.29, 1.82) is 0 Å². The number of tetrazole rings is 1. The van der Waals surface area contributed by atoms with Crippen molar-refractivity contribution in [2.75, 3.05) is 5.32 Å². The minimum absolute atomic E-state index is 0.238. The molecular weight excluding hydrogens is 269 g/mol. The van der Waals surface area contributed by atoms with Crippen molar-refractivity contribution in [3.8, 4) is 5.69 Å². The molecule has 0 spiro atoms. The minimum atomic E-state index is -0.238. The highest BCUT2D eigenvalue weighted by atomic mass is 19.1. The molecule has 5 nitrogen and oxygen atoms in total. The molecule has 1 aliphatic rings. The summed E-state index contributed by atoms with van der Waals surface area (Å²) in [5, 5.41) is 14.4. The molecule has 1 aromatic carbocycles. The molecule has 3 rings (SSSR count). The largest absolute Gasteiger partial charge is 0.380 e. The third kappa shape index (κ3) is 3.04. The summed E-state index contributed by atoms with van der Waals surface area (Å²) in [6, 6.07) is 5.20. The summed E-state index contributed by atoms with van der Waals surface area (Å²) in [7, 11) is 0. The average Bonchev–Trinajstić information content (AvgIpc) is 2.98. The van der Waals surface area contributed by atoms with Crippen LogP contribution >= 0.6 is 0 Å². The molecule has 6 heteroatoms. The lowest BCUT2D eigenvalue weighted by atomic mass is 9.80. The molecule has 1 N–H and O–H groups in total. The zero-order valence-electron chi connectivity index (χ0n) is 12.3. The molecule has 112 valence electrons. The summed E-state index contributed by atoms with van der Waals surface area (Å²) in [5.74, 6) is 1.07. The van der Waals surface area contributed by atoms with Gasteiger partial charge in [-0.05, 0) is 59.7 Å². The Kier molecular flexibility index (Phi) is 3.86. The van der Waals surface area contributed by atoms with Crippen LogP contribution in [0.25, 0.3) is 5.69 Å². The number of nitrogens with one attached hydrogen (secondary N) is 1. The Bertz CT molecular complexity index is 598. The number of hydrogen-bond acceptors (Lipinski definition) is 4. The summed E-state index contributed by atoms with van der Waals surface area (Å²) in [5.41, 5.74) is 1.27. The highest BCUT2D eigenvalue weighted by molar-refractivity contribution is 5.52. The van der Waals surface area contributed by atoms with Gasteiger partial charge in [0.1, 0.15) is 12.1 Å². The SMILES string of the molecule is CC1CCC(Nc2cc(-n3cnnn3)ccc2F)C(C)C1. The summed E-state index contributed by atoms with van der Waals surface area (Å²) < 4.78 is 15.6. The van der Waals surface area contributed by atoms with Gasteiger partial charge in [-0.2, -0.15) is 0 Å². The van der Waals surface area contributed by atoms with E-state index in [0.29, 0.717) is 17.6 Å². The highest BCUT2D eigenvalue weighted by Gasteiger charge is 2.25. The summed E-state index contributed by atoms with van der Waals surface area (Å²) in [6.07, 6.45) is 4.96. The van der Waals surface area contributed by atoms with E-state index < -0.39 is 0 Å². The summed E-state index contributed by atoms with van der Waals surface area (Å²) >= 11 is 0. The molecule has 1 heterocycles. The number of anilines is 1. The van der Waals surface area contributed by atoms with Gasteiger partial charge in [-0.25, -0.2) is 9.07 Å². The van der Waals surface area contributed by atoms with Crippen molar-refractivity contribution in [2.45, 2.75) is 39.2 Å². The first-order valence-corrected chi connectivity index (χ1v) is 7.43. The third-order valence-corrected chi connectivity index (χ3v) is 4.34. The number of rotatable bonds is 3. The first-order chi connectivity index (χ1) is 10.1. The van der Waals surface area contributed by atoms with Crippen molar-refractivity contribution < 1.29 is 4.39 Å². The van der Waals surface area contributed by atoms with Gasteiger partial charge in [-0.15, -0.1) is 5.10 Å². The maximum Gasteiger partial charge on any atom is 0.146 e. The van der Waals surface area contributed by atoms with Gasteiger partial charge in [-0.1, -0.05) is 13.8 Å². The van der Waals surface area contributed by atoms with E-state index in [0.717, 1.165) is 18.0 Å². The van der Waals surface area contributed by atoms with Crippen LogP contribution in [0.3, 0.4) is 0 Å².